The summed E-state index contributed by atoms with van der Waals surface area (Å²) in [6, 6.07) is 13.7. The molecule has 2 rings (SSSR count). The largest absolute Gasteiger partial charge is 0.483 e. The first-order valence-electron chi connectivity index (χ1n) is 9.08. The number of ether oxygens (including phenoxy) is 1. The summed E-state index contributed by atoms with van der Waals surface area (Å²) in [5.41, 5.74) is 0.813. The van der Waals surface area contributed by atoms with E-state index in [0.717, 1.165) is 10.5 Å². The topological polar surface area (TPSA) is 67.4 Å². The van der Waals surface area contributed by atoms with E-state index in [4.69, 9.17) is 4.74 Å². The van der Waals surface area contributed by atoms with Gasteiger partial charge in [-0.1, -0.05) is 25.1 Å². The van der Waals surface area contributed by atoms with E-state index < -0.39 is 0 Å². The molecular formula is C21H25FN2O3S. The minimum absolute atomic E-state index is 0.0485. The number of rotatable bonds is 10. The molecule has 0 saturated carbocycles. The number of carbonyl (C=O) groups is 2. The number of halogens is 1. The molecule has 2 aromatic rings. The Bertz CT molecular complexity index is 783. The van der Waals surface area contributed by atoms with Gasteiger partial charge in [0.05, 0.1) is 0 Å². The van der Waals surface area contributed by atoms with Crippen molar-refractivity contribution in [2.75, 3.05) is 13.7 Å². The van der Waals surface area contributed by atoms with Gasteiger partial charge in [0.2, 0.25) is 5.91 Å². The molecule has 0 aromatic heterocycles. The van der Waals surface area contributed by atoms with Crippen LogP contribution in [0.25, 0.3) is 0 Å². The SMILES string of the molecule is CNC(=O)COc1ccccc1CNC(=O)CCC(C)Sc1ccc(F)cc1. The lowest BCUT2D eigenvalue weighted by Gasteiger charge is -2.13. The van der Waals surface area contributed by atoms with Gasteiger partial charge in [0.1, 0.15) is 11.6 Å². The monoisotopic (exact) mass is 404 g/mol. The molecule has 0 heterocycles. The highest BCUT2D eigenvalue weighted by Crippen LogP contribution is 2.26. The molecule has 2 amide bonds. The van der Waals surface area contributed by atoms with Gasteiger partial charge in [0.25, 0.3) is 5.91 Å². The van der Waals surface area contributed by atoms with Crippen LogP contribution in [-0.4, -0.2) is 30.7 Å². The lowest BCUT2D eigenvalue weighted by Crippen LogP contribution is -2.26. The Hall–Kier alpha value is -2.54. The second-order valence-corrected chi connectivity index (χ2v) is 7.78. The first kappa shape index (κ1) is 21.8. The van der Waals surface area contributed by atoms with E-state index in [1.54, 1.807) is 37.0 Å². The summed E-state index contributed by atoms with van der Waals surface area (Å²) >= 11 is 1.62. The van der Waals surface area contributed by atoms with Crippen molar-refractivity contribution in [3.05, 3.63) is 59.9 Å². The molecule has 0 saturated heterocycles. The third-order valence-electron chi connectivity index (χ3n) is 4.02. The lowest BCUT2D eigenvalue weighted by atomic mass is 10.2. The van der Waals surface area contributed by atoms with Gasteiger partial charge in [0, 0.05) is 35.7 Å². The zero-order valence-corrected chi connectivity index (χ0v) is 16.9. The van der Waals surface area contributed by atoms with Crippen molar-refractivity contribution in [2.45, 2.75) is 36.5 Å². The molecule has 0 aliphatic rings. The zero-order valence-electron chi connectivity index (χ0n) is 16.0. The van der Waals surface area contributed by atoms with Crippen LogP contribution in [0.4, 0.5) is 4.39 Å². The van der Waals surface area contributed by atoms with Crippen LogP contribution in [0.5, 0.6) is 5.75 Å². The van der Waals surface area contributed by atoms with Crippen molar-refractivity contribution in [3.8, 4) is 5.75 Å². The van der Waals surface area contributed by atoms with E-state index in [9.17, 15) is 14.0 Å². The highest BCUT2D eigenvalue weighted by molar-refractivity contribution is 7.99. The summed E-state index contributed by atoms with van der Waals surface area (Å²) in [5.74, 6) is 0.0572. The molecule has 0 spiro atoms. The Morgan fingerprint density at radius 1 is 1.11 bits per heavy atom. The van der Waals surface area contributed by atoms with Crippen LogP contribution in [-0.2, 0) is 16.1 Å². The van der Waals surface area contributed by atoms with Crippen molar-refractivity contribution in [1.29, 1.82) is 0 Å². The minimum atomic E-state index is -0.254. The quantitative estimate of drug-likeness (QED) is 0.595. The van der Waals surface area contributed by atoms with Gasteiger partial charge in [-0.3, -0.25) is 9.59 Å². The maximum atomic E-state index is 12.9. The first-order valence-corrected chi connectivity index (χ1v) is 9.96. The Morgan fingerprint density at radius 3 is 2.54 bits per heavy atom. The number of likely N-dealkylation sites (N-methyl/N-ethyl adjacent to an activating group) is 1. The second kappa shape index (κ2) is 11.3. The van der Waals surface area contributed by atoms with E-state index in [2.05, 4.69) is 10.6 Å². The number of thioether (sulfide) groups is 1. The average Bonchev–Trinajstić information content (AvgIpc) is 2.71. The number of para-hydroxylation sites is 1. The number of amides is 2. The maximum absolute atomic E-state index is 12.9. The predicted molar refractivity (Wildman–Crippen MR) is 109 cm³/mol. The first-order chi connectivity index (χ1) is 13.5. The van der Waals surface area contributed by atoms with Gasteiger partial charge in [-0.05, 0) is 36.8 Å². The summed E-state index contributed by atoms with van der Waals surface area (Å²) in [4.78, 5) is 24.5. The molecule has 2 aromatic carbocycles. The standard InChI is InChI=1S/C21H25FN2O3S/c1-15(28-18-10-8-17(22)9-11-18)7-12-20(25)24-13-16-5-3-4-6-19(16)27-14-21(26)23-2/h3-6,8-11,15H,7,12-14H2,1-2H3,(H,23,26)(H,24,25). The molecule has 1 atom stereocenters. The van der Waals surface area contributed by atoms with Crippen LogP contribution in [0.2, 0.25) is 0 Å². The minimum Gasteiger partial charge on any atom is -0.483 e. The van der Waals surface area contributed by atoms with Crippen molar-refractivity contribution < 1.29 is 18.7 Å². The lowest BCUT2D eigenvalue weighted by molar-refractivity contribution is -0.123. The van der Waals surface area contributed by atoms with Gasteiger partial charge < -0.3 is 15.4 Å². The van der Waals surface area contributed by atoms with Gasteiger partial charge >= 0.3 is 0 Å². The van der Waals surface area contributed by atoms with Gasteiger partial charge in [-0.15, -0.1) is 11.8 Å². The van der Waals surface area contributed by atoms with Crippen LogP contribution in [0.1, 0.15) is 25.3 Å². The normalized spacial score (nSPS) is 11.5. The molecular weight excluding hydrogens is 379 g/mol. The Balaban J connectivity index is 1.76. The molecule has 1 unspecified atom stereocenters. The molecule has 0 bridgehead atoms. The third-order valence-corrected chi connectivity index (χ3v) is 5.20. The number of carbonyl (C=O) groups excluding carboxylic acids is 2. The Morgan fingerprint density at radius 2 is 1.82 bits per heavy atom. The molecule has 28 heavy (non-hydrogen) atoms. The van der Waals surface area contributed by atoms with Crippen LogP contribution in [0.15, 0.2) is 53.4 Å². The molecule has 150 valence electrons. The fourth-order valence-corrected chi connectivity index (χ4v) is 3.42. The van der Waals surface area contributed by atoms with Crippen LogP contribution >= 0.6 is 11.8 Å². The van der Waals surface area contributed by atoms with E-state index in [1.807, 2.05) is 25.1 Å². The van der Waals surface area contributed by atoms with Gasteiger partial charge in [-0.2, -0.15) is 0 Å². The number of benzene rings is 2. The fraction of sp³-hybridized carbons (Fsp3) is 0.333. The summed E-state index contributed by atoms with van der Waals surface area (Å²) in [6.45, 7) is 2.31. The Labute approximate surface area is 169 Å². The van der Waals surface area contributed by atoms with Crippen molar-refractivity contribution >= 4 is 23.6 Å². The number of hydrogen-bond acceptors (Lipinski definition) is 4. The highest BCUT2D eigenvalue weighted by atomic mass is 32.2. The summed E-state index contributed by atoms with van der Waals surface area (Å²) in [7, 11) is 1.55. The number of nitrogens with one attached hydrogen (secondary N) is 2. The molecule has 7 heteroatoms. The zero-order chi connectivity index (χ0) is 20.4. The Kier molecular flexibility index (Phi) is 8.81. The van der Waals surface area contributed by atoms with E-state index >= 15 is 0 Å². The smallest absolute Gasteiger partial charge is 0.257 e. The summed E-state index contributed by atoms with van der Waals surface area (Å²) in [5, 5.41) is 5.62. The van der Waals surface area contributed by atoms with Crippen LogP contribution < -0.4 is 15.4 Å². The summed E-state index contributed by atoms with van der Waals surface area (Å²) in [6.07, 6.45) is 1.11. The van der Waals surface area contributed by atoms with Gasteiger partial charge in [0.15, 0.2) is 6.61 Å². The molecule has 0 aliphatic heterocycles. The molecule has 0 aliphatic carbocycles. The molecule has 2 N–H and O–H groups in total. The van der Waals surface area contributed by atoms with Gasteiger partial charge in [-0.25, -0.2) is 4.39 Å². The van der Waals surface area contributed by atoms with E-state index in [1.165, 1.54) is 12.1 Å². The van der Waals surface area contributed by atoms with Crippen molar-refractivity contribution in [1.82, 2.24) is 10.6 Å². The van der Waals surface area contributed by atoms with Crippen LogP contribution in [0.3, 0.4) is 0 Å². The van der Waals surface area contributed by atoms with E-state index in [-0.39, 0.29) is 29.5 Å². The van der Waals surface area contributed by atoms with Crippen LogP contribution in [0, 0.1) is 5.82 Å². The molecule has 0 radical (unpaired) electrons. The summed E-state index contributed by atoms with van der Waals surface area (Å²) < 4.78 is 18.4. The number of hydrogen-bond donors (Lipinski definition) is 2. The highest BCUT2D eigenvalue weighted by Gasteiger charge is 2.10. The second-order valence-electron chi connectivity index (χ2n) is 6.27. The molecule has 5 nitrogen and oxygen atoms in total. The van der Waals surface area contributed by atoms with Crippen molar-refractivity contribution in [3.63, 3.8) is 0 Å². The average molecular weight is 405 g/mol. The predicted octanol–water partition coefficient (Wildman–Crippen LogP) is 3.53. The maximum Gasteiger partial charge on any atom is 0.257 e. The molecule has 0 fully saturated rings. The van der Waals surface area contributed by atoms with Crippen molar-refractivity contribution in [2.24, 2.45) is 0 Å². The van der Waals surface area contributed by atoms with E-state index in [0.29, 0.717) is 25.1 Å². The fourth-order valence-electron chi connectivity index (χ4n) is 2.43. The third kappa shape index (κ3) is 7.60.